The van der Waals surface area contributed by atoms with Gasteiger partial charge in [0.15, 0.2) is 11.5 Å². The number of halogens is 1. The molecule has 1 aliphatic heterocycles. The molecule has 4 nitrogen and oxygen atoms in total. The van der Waals surface area contributed by atoms with Crippen molar-refractivity contribution >= 4 is 11.6 Å². The zero-order valence-electron chi connectivity index (χ0n) is 11.4. The molecular weight excluding hydrogens is 273 g/mol. The molecule has 0 aromatic heterocycles. The van der Waals surface area contributed by atoms with Crippen LogP contribution in [0, 0.1) is 12.7 Å². The molecule has 1 amide bonds. The summed E-state index contributed by atoms with van der Waals surface area (Å²) in [7, 11) is 0. The molecular formula is C16H14FNO3. The van der Waals surface area contributed by atoms with Crippen LogP contribution in [0.1, 0.15) is 5.56 Å². The maximum atomic E-state index is 13.6. The lowest BCUT2D eigenvalue weighted by molar-refractivity contribution is -0.125. The van der Waals surface area contributed by atoms with E-state index in [1.165, 1.54) is 6.07 Å². The lowest BCUT2D eigenvalue weighted by Gasteiger charge is -2.25. The molecule has 0 fully saturated rings. The highest BCUT2D eigenvalue weighted by Gasteiger charge is 2.27. The standard InChI is InChI=1S/C16H14FNO3/c1-10-6-7-11(17)12(8-10)18-16(19)15-9-20-13-4-2-3-5-14(13)21-15/h2-8,15H,9H2,1H3,(H,18,19)/t15-/m1/s1. The van der Waals surface area contributed by atoms with E-state index in [4.69, 9.17) is 9.47 Å². The third kappa shape index (κ3) is 2.81. The van der Waals surface area contributed by atoms with Gasteiger partial charge in [0.05, 0.1) is 5.69 Å². The number of benzene rings is 2. The Kier molecular flexibility index (Phi) is 3.48. The normalized spacial score (nSPS) is 16.4. The van der Waals surface area contributed by atoms with Crippen LogP contribution in [0.3, 0.4) is 0 Å². The van der Waals surface area contributed by atoms with Crippen molar-refractivity contribution in [3.63, 3.8) is 0 Å². The third-order valence-corrected chi connectivity index (χ3v) is 3.18. The maximum absolute atomic E-state index is 13.6. The van der Waals surface area contributed by atoms with Crippen molar-refractivity contribution in [1.29, 1.82) is 0 Å². The molecule has 0 saturated heterocycles. The summed E-state index contributed by atoms with van der Waals surface area (Å²) in [5.74, 6) is 0.192. The highest BCUT2D eigenvalue weighted by molar-refractivity contribution is 5.94. The molecule has 1 atom stereocenters. The van der Waals surface area contributed by atoms with E-state index >= 15 is 0 Å². The summed E-state index contributed by atoms with van der Waals surface area (Å²) in [5.41, 5.74) is 1.00. The van der Waals surface area contributed by atoms with Gasteiger partial charge in [-0.1, -0.05) is 18.2 Å². The molecule has 2 aromatic carbocycles. The third-order valence-electron chi connectivity index (χ3n) is 3.18. The average Bonchev–Trinajstić information content (AvgIpc) is 2.50. The molecule has 0 unspecified atom stereocenters. The second-order valence-corrected chi connectivity index (χ2v) is 4.84. The van der Waals surface area contributed by atoms with E-state index in [1.54, 1.807) is 30.3 Å². The van der Waals surface area contributed by atoms with Crippen LogP contribution in [0.4, 0.5) is 10.1 Å². The van der Waals surface area contributed by atoms with Crippen molar-refractivity contribution in [2.75, 3.05) is 11.9 Å². The van der Waals surface area contributed by atoms with Crippen LogP contribution in [0.25, 0.3) is 0 Å². The van der Waals surface area contributed by atoms with Crippen molar-refractivity contribution in [3.05, 3.63) is 53.8 Å². The van der Waals surface area contributed by atoms with Crippen LogP contribution in [-0.2, 0) is 4.79 Å². The van der Waals surface area contributed by atoms with Gasteiger partial charge in [0.25, 0.3) is 5.91 Å². The van der Waals surface area contributed by atoms with Gasteiger partial charge in [-0.3, -0.25) is 4.79 Å². The van der Waals surface area contributed by atoms with Gasteiger partial charge in [-0.15, -0.1) is 0 Å². The fourth-order valence-electron chi connectivity index (χ4n) is 2.10. The van der Waals surface area contributed by atoms with E-state index in [9.17, 15) is 9.18 Å². The molecule has 108 valence electrons. The Morgan fingerprint density at radius 1 is 1.24 bits per heavy atom. The van der Waals surface area contributed by atoms with E-state index in [-0.39, 0.29) is 12.3 Å². The van der Waals surface area contributed by atoms with Crippen molar-refractivity contribution < 1.29 is 18.7 Å². The number of para-hydroxylation sites is 2. The van der Waals surface area contributed by atoms with Gasteiger partial charge in [0.2, 0.25) is 6.10 Å². The average molecular weight is 287 g/mol. The number of carbonyl (C=O) groups excluding carboxylic acids is 1. The SMILES string of the molecule is Cc1ccc(F)c(NC(=O)[C@H]2COc3ccccc3O2)c1. The predicted molar refractivity (Wildman–Crippen MR) is 76.1 cm³/mol. The number of hydrogen-bond donors (Lipinski definition) is 1. The van der Waals surface area contributed by atoms with Gasteiger partial charge in [0.1, 0.15) is 12.4 Å². The Labute approximate surface area is 121 Å². The molecule has 0 radical (unpaired) electrons. The number of aryl methyl sites for hydroxylation is 1. The van der Waals surface area contributed by atoms with Crippen LogP contribution >= 0.6 is 0 Å². The summed E-state index contributed by atoms with van der Waals surface area (Å²) in [4.78, 5) is 12.2. The second kappa shape index (κ2) is 5.44. The smallest absolute Gasteiger partial charge is 0.269 e. The van der Waals surface area contributed by atoms with Crippen LogP contribution < -0.4 is 14.8 Å². The summed E-state index contributed by atoms with van der Waals surface area (Å²) in [6, 6.07) is 11.6. The number of nitrogens with one attached hydrogen (secondary N) is 1. The maximum Gasteiger partial charge on any atom is 0.269 e. The summed E-state index contributed by atoms with van der Waals surface area (Å²) < 4.78 is 24.7. The highest BCUT2D eigenvalue weighted by Crippen LogP contribution is 2.31. The molecule has 0 bridgehead atoms. The van der Waals surface area contributed by atoms with E-state index in [0.717, 1.165) is 5.56 Å². The first kappa shape index (κ1) is 13.4. The molecule has 0 spiro atoms. The summed E-state index contributed by atoms with van der Waals surface area (Å²) >= 11 is 0. The molecule has 1 N–H and O–H groups in total. The minimum Gasteiger partial charge on any atom is -0.485 e. The molecule has 1 aliphatic rings. The molecule has 21 heavy (non-hydrogen) atoms. The number of carbonyl (C=O) groups is 1. The molecule has 1 heterocycles. The minimum absolute atomic E-state index is 0.0935. The predicted octanol–water partition coefficient (Wildman–Crippen LogP) is 2.91. The minimum atomic E-state index is -0.806. The Hall–Kier alpha value is -2.56. The van der Waals surface area contributed by atoms with E-state index in [2.05, 4.69) is 5.32 Å². The van der Waals surface area contributed by atoms with Gasteiger partial charge in [-0.25, -0.2) is 4.39 Å². The van der Waals surface area contributed by atoms with Crippen molar-refractivity contribution in [3.8, 4) is 11.5 Å². The van der Waals surface area contributed by atoms with Crippen LogP contribution in [-0.4, -0.2) is 18.6 Å². The van der Waals surface area contributed by atoms with E-state index in [1.807, 2.05) is 13.0 Å². The number of rotatable bonds is 2. The number of anilines is 1. The molecule has 0 aliphatic carbocycles. The first-order valence-electron chi connectivity index (χ1n) is 6.59. The lowest BCUT2D eigenvalue weighted by Crippen LogP contribution is -2.40. The van der Waals surface area contributed by atoms with Crippen molar-refractivity contribution in [2.45, 2.75) is 13.0 Å². The molecule has 5 heteroatoms. The van der Waals surface area contributed by atoms with E-state index in [0.29, 0.717) is 11.5 Å². The van der Waals surface area contributed by atoms with Crippen molar-refractivity contribution in [1.82, 2.24) is 0 Å². The number of amides is 1. The lowest BCUT2D eigenvalue weighted by atomic mass is 10.2. The molecule has 0 saturated carbocycles. The largest absolute Gasteiger partial charge is 0.485 e. The highest BCUT2D eigenvalue weighted by atomic mass is 19.1. The second-order valence-electron chi connectivity index (χ2n) is 4.84. The van der Waals surface area contributed by atoms with Crippen LogP contribution in [0.5, 0.6) is 11.5 Å². The number of ether oxygens (including phenoxy) is 2. The number of fused-ring (bicyclic) bond motifs is 1. The summed E-state index contributed by atoms with van der Waals surface area (Å²) in [6.07, 6.45) is -0.806. The zero-order chi connectivity index (χ0) is 14.8. The van der Waals surface area contributed by atoms with Crippen LogP contribution in [0.2, 0.25) is 0 Å². The van der Waals surface area contributed by atoms with Crippen LogP contribution in [0.15, 0.2) is 42.5 Å². The summed E-state index contributed by atoms with van der Waals surface area (Å²) in [6.45, 7) is 1.92. The first-order chi connectivity index (χ1) is 10.1. The molecule has 2 aromatic rings. The van der Waals surface area contributed by atoms with Gasteiger partial charge in [-0.2, -0.15) is 0 Å². The Bertz CT molecular complexity index is 687. The Morgan fingerprint density at radius 2 is 2.00 bits per heavy atom. The van der Waals surface area contributed by atoms with Gasteiger partial charge >= 0.3 is 0 Å². The fraction of sp³-hybridized carbons (Fsp3) is 0.188. The monoisotopic (exact) mass is 287 g/mol. The van der Waals surface area contributed by atoms with E-state index < -0.39 is 17.8 Å². The van der Waals surface area contributed by atoms with Gasteiger partial charge in [-0.05, 0) is 36.8 Å². The quantitative estimate of drug-likeness (QED) is 0.924. The first-order valence-corrected chi connectivity index (χ1v) is 6.59. The van der Waals surface area contributed by atoms with Crippen molar-refractivity contribution in [2.24, 2.45) is 0 Å². The molecule has 3 rings (SSSR count). The zero-order valence-corrected chi connectivity index (χ0v) is 11.4. The number of hydrogen-bond acceptors (Lipinski definition) is 3. The van der Waals surface area contributed by atoms with Gasteiger partial charge < -0.3 is 14.8 Å². The fourth-order valence-corrected chi connectivity index (χ4v) is 2.10. The topological polar surface area (TPSA) is 47.6 Å². The Balaban J connectivity index is 1.74. The van der Waals surface area contributed by atoms with Gasteiger partial charge in [0, 0.05) is 0 Å². The summed E-state index contributed by atoms with van der Waals surface area (Å²) in [5, 5.41) is 2.53. The Morgan fingerprint density at radius 3 is 2.81 bits per heavy atom.